The van der Waals surface area contributed by atoms with E-state index < -0.39 is 30.9 Å². The molecule has 90 valence electrons. The molecule has 1 aromatic heterocycles. The van der Waals surface area contributed by atoms with E-state index in [9.17, 15) is 4.39 Å². The predicted molar refractivity (Wildman–Crippen MR) is 63.9 cm³/mol. The maximum atomic E-state index is 14.3. The number of hydrogen-bond donors (Lipinski definition) is 1. The largest absolute Gasteiger partial charge is 0.316 e. The second kappa shape index (κ2) is 3.88. The lowest BCUT2D eigenvalue weighted by molar-refractivity contribution is 0.535. The molecule has 2 aliphatic rings. The van der Waals surface area contributed by atoms with Gasteiger partial charge in [0, 0.05) is 14.8 Å². The number of aryl methyl sites for hydroxylation is 2. The summed E-state index contributed by atoms with van der Waals surface area (Å²) in [4.78, 5) is 7.68. The first-order valence-corrected chi connectivity index (χ1v) is 5.57. The molecule has 2 heterocycles. The van der Waals surface area contributed by atoms with Gasteiger partial charge in [0.15, 0.2) is 11.6 Å². The Morgan fingerprint density at radius 3 is 2.76 bits per heavy atom. The topological polar surface area (TPSA) is 37.8 Å². The minimum atomic E-state index is -2.83. The van der Waals surface area contributed by atoms with Crippen molar-refractivity contribution in [3.63, 3.8) is 0 Å². The average Bonchev–Trinajstić information content (AvgIpc) is 2.96. The van der Waals surface area contributed by atoms with Crippen molar-refractivity contribution < 1.29 is 12.6 Å². The molecule has 0 aromatic carbocycles. The van der Waals surface area contributed by atoms with E-state index in [0.29, 0.717) is 23.8 Å². The van der Waals surface area contributed by atoms with Crippen molar-refractivity contribution in [2.45, 2.75) is 20.1 Å². The maximum Gasteiger partial charge on any atom is 0.165 e. The fraction of sp³-hybridized carbons (Fsp3) is 0.538. The highest BCUT2D eigenvalue weighted by Crippen LogP contribution is 2.37. The molecule has 4 heteroatoms. The highest BCUT2D eigenvalue weighted by atomic mass is 19.1. The Labute approximate surface area is 109 Å². The summed E-state index contributed by atoms with van der Waals surface area (Å²) < 4.78 is 58.7. The van der Waals surface area contributed by atoms with Gasteiger partial charge in [-0.15, -0.1) is 0 Å². The van der Waals surface area contributed by atoms with Crippen molar-refractivity contribution in [1.29, 1.82) is 0 Å². The highest BCUT2D eigenvalue weighted by molar-refractivity contribution is 5.63. The van der Waals surface area contributed by atoms with E-state index in [1.54, 1.807) is 0 Å². The summed E-state index contributed by atoms with van der Waals surface area (Å²) in [5.74, 6) is -0.690. The molecule has 1 aromatic rings. The lowest BCUT2D eigenvalue weighted by Gasteiger charge is -2.07. The first-order valence-electron chi connectivity index (χ1n) is 8.57. The standard InChI is InChI=1S/C13H16FN3/c1-7-12(14)8(2)17-13(16-7)9-3-10-5-15-6-11(10)4-9/h3,10-11,15H,4-6H2,1-2H3/i1D3,2D3. The molecule has 0 bridgehead atoms. The molecule has 0 radical (unpaired) electrons. The summed E-state index contributed by atoms with van der Waals surface area (Å²) >= 11 is 0. The van der Waals surface area contributed by atoms with E-state index in [-0.39, 0.29) is 5.82 Å². The zero-order valence-electron chi connectivity index (χ0n) is 15.1. The Bertz CT molecular complexity index is 632. The minimum Gasteiger partial charge on any atom is -0.316 e. The first kappa shape index (κ1) is 6.05. The van der Waals surface area contributed by atoms with Gasteiger partial charge in [-0.1, -0.05) is 6.08 Å². The van der Waals surface area contributed by atoms with Gasteiger partial charge in [-0.25, -0.2) is 14.4 Å². The fourth-order valence-electron chi connectivity index (χ4n) is 2.54. The van der Waals surface area contributed by atoms with Crippen molar-refractivity contribution in [1.82, 2.24) is 15.3 Å². The van der Waals surface area contributed by atoms with Crippen LogP contribution in [-0.2, 0) is 0 Å². The van der Waals surface area contributed by atoms with Crippen LogP contribution in [0.4, 0.5) is 4.39 Å². The van der Waals surface area contributed by atoms with Gasteiger partial charge < -0.3 is 5.32 Å². The Morgan fingerprint density at radius 1 is 1.35 bits per heavy atom. The number of aromatic nitrogens is 2. The van der Waals surface area contributed by atoms with Crippen LogP contribution in [0.1, 0.15) is 31.9 Å². The molecule has 1 aliphatic heterocycles. The zero-order valence-corrected chi connectivity index (χ0v) is 9.13. The monoisotopic (exact) mass is 239 g/mol. The quantitative estimate of drug-likeness (QED) is 0.813. The van der Waals surface area contributed by atoms with Crippen LogP contribution in [0.15, 0.2) is 6.08 Å². The number of allylic oxidation sites excluding steroid dienone is 1. The van der Waals surface area contributed by atoms with Crippen LogP contribution in [0.2, 0.25) is 0 Å². The third-order valence-electron chi connectivity index (χ3n) is 3.43. The second-order valence-corrected chi connectivity index (χ2v) is 4.54. The Balaban J connectivity index is 2.11. The summed E-state index contributed by atoms with van der Waals surface area (Å²) in [6.07, 6.45) is 2.56. The molecule has 1 aliphatic carbocycles. The Morgan fingerprint density at radius 2 is 2.12 bits per heavy atom. The second-order valence-electron chi connectivity index (χ2n) is 4.54. The third-order valence-corrected chi connectivity index (χ3v) is 3.43. The number of fused-ring (bicyclic) bond motifs is 1. The highest BCUT2D eigenvalue weighted by Gasteiger charge is 2.32. The van der Waals surface area contributed by atoms with Crippen molar-refractivity contribution >= 4 is 5.57 Å². The average molecular weight is 239 g/mol. The molecule has 0 saturated carbocycles. The molecule has 1 saturated heterocycles. The van der Waals surface area contributed by atoms with Crippen molar-refractivity contribution in [2.24, 2.45) is 11.8 Å². The number of hydrogen-bond acceptors (Lipinski definition) is 3. The first-order chi connectivity index (χ1) is 10.6. The summed E-state index contributed by atoms with van der Waals surface area (Å²) in [7, 11) is 0. The summed E-state index contributed by atoms with van der Waals surface area (Å²) in [5, 5.41) is 3.25. The van der Waals surface area contributed by atoms with Crippen LogP contribution in [-0.4, -0.2) is 23.1 Å². The molecule has 2 unspecified atom stereocenters. The van der Waals surface area contributed by atoms with Crippen molar-refractivity contribution in [2.75, 3.05) is 13.1 Å². The molecule has 3 rings (SSSR count). The predicted octanol–water partition coefficient (Wildman–Crippen LogP) is 1.86. The zero-order chi connectivity index (χ0) is 17.0. The van der Waals surface area contributed by atoms with E-state index in [1.807, 2.05) is 6.08 Å². The number of nitrogens with zero attached hydrogens (tertiary/aromatic N) is 2. The normalized spacial score (nSPS) is 33.8. The van der Waals surface area contributed by atoms with E-state index in [0.717, 1.165) is 13.1 Å². The van der Waals surface area contributed by atoms with Gasteiger partial charge >= 0.3 is 0 Å². The lowest BCUT2D eigenvalue weighted by Crippen LogP contribution is -2.10. The summed E-state index contributed by atoms with van der Waals surface area (Å²) in [6, 6.07) is 0. The molecular weight excluding hydrogens is 217 g/mol. The van der Waals surface area contributed by atoms with E-state index in [1.165, 1.54) is 0 Å². The molecule has 0 spiro atoms. The summed E-state index contributed by atoms with van der Waals surface area (Å²) in [5.41, 5.74) is -0.966. The van der Waals surface area contributed by atoms with Crippen LogP contribution in [0, 0.1) is 31.4 Å². The van der Waals surface area contributed by atoms with Gasteiger partial charge in [0.25, 0.3) is 0 Å². The third kappa shape index (κ3) is 1.76. The van der Waals surface area contributed by atoms with Gasteiger partial charge in [-0.2, -0.15) is 0 Å². The molecule has 0 amide bonds. The Kier molecular flexibility index (Phi) is 1.38. The van der Waals surface area contributed by atoms with Crippen LogP contribution in [0.25, 0.3) is 5.57 Å². The molecule has 1 N–H and O–H groups in total. The lowest BCUT2D eigenvalue weighted by atomic mass is 10.00. The van der Waals surface area contributed by atoms with Crippen LogP contribution < -0.4 is 5.32 Å². The number of rotatable bonds is 1. The van der Waals surface area contributed by atoms with Crippen LogP contribution >= 0.6 is 0 Å². The van der Waals surface area contributed by atoms with Crippen LogP contribution in [0.3, 0.4) is 0 Å². The number of halogens is 1. The van der Waals surface area contributed by atoms with Crippen LogP contribution in [0.5, 0.6) is 0 Å². The van der Waals surface area contributed by atoms with E-state index in [2.05, 4.69) is 15.3 Å². The molecular formula is C13H16FN3. The maximum absolute atomic E-state index is 14.3. The molecule has 17 heavy (non-hydrogen) atoms. The van der Waals surface area contributed by atoms with Gasteiger partial charge in [0.1, 0.15) is 0 Å². The molecule has 1 fully saturated rings. The molecule has 3 nitrogen and oxygen atoms in total. The smallest absolute Gasteiger partial charge is 0.165 e. The van der Waals surface area contributed by atoms with E-state index >= 15 is 0 Å². The van der Waals surface area contributed by atoms with Gasteiger partial charge in [-0.3, -0.25) is 0 Å². The number of nitrogens with one attached hydrogen (secondary N) is 1. The fourth-order valence-corrected chi connectivity index (χ4v) is 2.54. The Hall–Kier alpha value is -1.29. The minimum absolute atomic E-state index is 0.0121. The SMILES string of the molecule is [2H]C([2H])([2H])c1nc(C2=CC3CNCC3C2)nc(C([2H])([2H])[2H])c1F. The van der Waals surface area contributed by atoms with Gasteiger partial charge in [-0.05, 0) is 44.1 Å². The van der Waals surface area contributed by atoms with Crippen molar-refractivity contribution in [3.05, 3.63) is 29.1 Å². The van der Waals surface area contributed by atoms with Crippen molar-refractivity contribution in [3.8, 4) is 0 Å². The summed E-state index contributed by atoms with van der Waals surface area (Å²) in [6.45, 7) is -4.02. The molecule has 2 atom stereocenters. The van der Waals surface area contributed by atoms with E-state index in [4.69, 9.17) is 8.22 Å². The van der Waals surface area contributed by atoms with Gasteiger partial charge in [0.05, 0.1) is 11.4 Å². The van der Waals surface area contributed by atoms with Gasteiger partial charge in [0.2, 0.25) is 0 Å².